The van der Waals surface area contributed by atoms with Gasteiger partial charge in [-0.25, -0.2) is 0 Å². The van der Waals surface area contributed by atoms with Gasteiger partial charge in [0.1, 0.15) is 0 Å². The van der Waals surface area contributed by atoms with E-state index in [0.717, 1.165) is 84.1 Å². The quantitative estimate of drug-likeness (QED) is 0.347. The van der Waals surface area contributed by atoms with Crippen molar-refractivity contribution in [2.45, 2.75) is 125 Å². The summed E-state index contributed by atoms with van der Waals surface area (Å²) in [7, 11) is 0. The highest BCUT2D eigenvalue weighted by atomic mass is 16.3. The van der Waals surface area contributed by atoms with Gasteiger partial charge in [0.2, 0.25) is 5.91 Å². The molecule has 1 amide bonds. The van der Waals surface area contributed by atoms with Crippen molar-refractivity contribution in [1.29, 1.82) is 0 Å². The van der Waals surface area contributed by atoms with Crippen molar-refractivity contribution < 1.29 is 9.90 Å². The molecule has 1 aromatic carbocycles. The number of amides is 1. The number of carbonyl (C=O) groups excluding carboxylic acids is 1. The third-order valence-corrected chi connectivity index (χ3v) is 16.0. The lowest BCUT2D eigenvalue weighted by atomic mass is 9.33. The Labute approximate surface area is 274 Å². The summed E-state index contributed by atoms with van der Waals surface area (Å²) in [4.78, 5) is 19.7. The number of hydrogen-bond donors (Lipinski definition) is 1. The second-order valence-corrected chi connectivity index (χ2v) is 18.8. The Kier molecular flexibility index (Phi) is 7.58. The first-order valence-electron chi connectivity index (χ1n) is 18.6. The Bertz CT molecular complexity index is 1330. The van der Waals surface area contributed by atoms with E-state index in [1.54, 1.807) is 5.57 Å². The van der Waals surface area contributed by atoms with Crippen molar-refractivity contribution in [3.8, 4) is 0 Å². The zero-order valence-electron chi connectivity index (χ0n) is 29.6. The van der Waals surface area contributed by atoms with Gasteiger partial charge in [-0.15, -0.1) is 0 Å². The van der Waals surface area contributed by atoms with Gasteiger partial charge in [-0.3, -0.25) is 9.69 Å². The number of nitrogens with zero attached hydrogens (tertiary/aromatic N) is 2. The molecule has 5 aliphatic carbocycles. The molecule has 45 heavy (non-hydrogen) atoms. The number of rotatable bonds is 3. The molecule has 1 heterocycles. The van der Waals surface area contributed by atoms with Crippen molar-refractivity contribution >= 4 is 5.91 Å². The largest absolute Gasteiger partial charge is 0.393 e. The maximum absolute atomic E-state index is 14.9. The summed E-state index contributed by atoms with van der Waals surface area (Å²) in [6, 6.07) is 10.8. The summed E-state index contributed by atoms with van der Waals surface area (Å²) in [5.41, 5.74) is 3.69. The first kappa shape index (κ1) is 31.9. The van der Waals surface area contributed by atoms with Gasteiger partial charge in [-0.1, -0.05) is 90.4 Å². The molecule has 7 rings (SSSR count). The minimum Gasteiger partial charge on any atom is -0.393 e. The van der Waals surface area contributed by atoms with Crippen LogP contribution in [0.25, 0.3) is 0 Å². The van der Waals surface area contributed by atoms with Crippen LogP contribution in [0.1, 0.15) is 118 Å². The fourth-order valence-corrected chi connectivity index (χ4v) is 12.9. The zero-order chi connectivity index (χ0) is 32.0. The van der Waals surface area contributed by atoms with Crippen LogP contribution < -0.4 is 0 Å². The molecule has 248 valence electrons. The topological polar surface area (TPSA) is 43.8 Å². The number of benzene rings is 1. The number of carbonyl (C=O) groups is 1. The predicted octanol–water partition coefficient (Wildman–Crippen LogP) is 8.49. The molecule has 0 radical (unpaired) electrons. The molecule has 0 spiro atoms. The second kappa shape index (κ2) is 10.7. The Morgan fingerprint density at radius 3 is 2.22 bits per heavy atom. The molecule has 4 heteroatoms. The first-order valence-corrected chi connectivity index (χ1v) is 18.6. The van der Waals surface area contributed by atoms with E-state index in [1.165, 1.54) is 18.4 Å². The zero-order valence-corrected chi connectivity index (χ0v) is 29.6. The molecule has 0 aromatic heterocycles. The molecule has 1 aromatic rings. The highest BCUT2D eigenvalue weighted by Crippen LogP contribution is 2.75. The Morgan fingerprint density at radius 2 is 1.51 bits per heavy atom. The fourth-order valence-electron chi connectivity index (χ4n) is 12.9. The van der Waals surface area contributed by atoms with Crippen LogP contribution in [-0.4, -0.2) is 53.1 Å². The van der Waals surface area contributed by atoms with E-state index in [9.17, 15) is 9.90 Å². The van der Waals surface area contributed by atoms with Crippen LogP contribution in [0.2, 0.25) is 0 Å². The summed E-state index contributed by atoms with van der Waals surface area (Å²) in [6.45, 7) is 22.2. The summed E-state index contributed by atoms with van der Waals surface area (Å²) in [5.74, 6) is 2.06. The van der Waals surface area contributed by atoms with Crippen LogP contribution in [-0.2, 0) is 11.3 Å². The SMILES string of the molecule is CC1(C)CC[C@]2(C(=O)N3CCN(Cc4ccccc4)CC3)CC[C@]3(C)C(=CC[C@@H]4[C@@]5(C)CC[C@H](O)C(C)(C)[C@@H]5CC[C@]43C)[C@@H]2C1. The summed E-state index contributed by atoms with van der Waals surface area (Å²) >= 11 is 0. The lowest BCUT2D eigenvalue weighted by Gasteiger charge is -2.71. The lowest BCUT2D eigenvalue weighted by molar-refractivity contribution is -0.204. The van der Waals surface area contributed by atoms with Crippen LogP contribution >= 0.6 is 0 Å². The molecule has 0 bridgehead atoms. The highest BCUT2D eigenvalue weighted by molar-refractivity contribution is 5.84. The number of piperazine rings is 1. The van der Waals surface area contributed by atoms with Gasteiger partial charge in [0, 0.05) is 32.7 Å². The highest BCUT2D eigenvalue weighted by Gasteiger charge is 2.69. The number of hydrogen-bond acceptors (Lipinski definition) is 3. The minimum atomic E-state index is -0.232. The van der Waals surface area contributed by atoms with E-state index in [-0.39, 0.29) is 38.6 Å². The first-order chi connectivity index (χ1) is 21.2. The maximum Gasteiger partial charge on any atom is 0.229 e. The van der Waals surface area contributed by atoms with Gasteiger partial charge in [-0.05, 0) is 115 Å². The molecular weight excluding hydrogens is 552 g/mol. The van der Waals surface area contributed by atoms with E-state index in [2.05, 4.69) is 94.7 Å². The summed E-state index contributed by atoms with van der Waals surface area (Å²) in [5, 5.41) is 11.1. The molecule has 1 N–H and O–H groups in total. The summed E-state index contributed by atoms with van der Waals surface area (Å²) in [6.07, 6.45) is 13.8. The third kappa shape index (κ3) is 4.68. The Hall–Kier alpha value is -1.65. The van der Waals surface area contributed by atoms with Gasteiger partial charge in [0.15, 0.2) is 0 Å². The van der Waals surface area contributed by atoms with Crippen LogP contribution in [0.4, 0.5) is 0 Å². The van der Waals surface area contributed by atoms with E-state index < -0.39 is 0 Å². The maximum atomic E-state index is 14.9. The predicted molar refractivity (Wildman–Crippen MR) is 183 cm³/mol. The van der Waals surface area contributed by atoms with Crippen LogP contribution in [0.5, 0.6) is 0 Å². The monoisotopic (exact) mass is 614 g/mol. The molecule has 1 saturated heterocycles. The van der Waals surface area contributed by atoms with E-state index in [4.69, 9.17) is 0 Å². The van der Waals surface area contributed by atoms with Crippen molar-refractivity contribution in [3.63, 3.8) is 0 Å². The molecular formula is C41H62N2O2. The molecule has 4 nitrogen and oxygen atoms in total. The molecule has 4 saturated carbocycles. The van der Waals surface area contributed by atoms with Gasteiger partial charge in [-0.2, -0.15) is 0 Å². The van der Waals surface area contributed by atoms with Crippen LogP contribution in [0.15, 0.2) is 42.0 Å². The van der Waals surface area contributed by atoms with Gasteiger partial charge in [0.25, 0.3) is 0 Å². The molecule has 6 aliphatic rings. The van der Waals surface area contributed by atoms with E-state index in [0.29, 0.717) is 23.7 Å². The molecule has 1 aliphatic heterocycles. The van der Waals surface area contributed by atoms with Crippen LogP contribution in [0.3, 0.4) is 0 Å². The van der Waals surface area contributed by atoms with Crippen molar-refractivity contribution in [2.75, 3.05) is 26.2 Å². The fraction of sp³-hybridized carbons (Fsp3) is 0.780. The number of aliphatic hydroxyl groups is 1. The lowest BCUT2D eigenvalue weighted by Crippen LogP contribution is -2.66. The normalized spacial score (nSPS) is 44.1. The Balaban J connectivity index is 1.18. The van der Waals surface area contributed by atoms with Crippen LogP contribution in [0, 0.1) is 50.2 Å². The third-order valence-electron chi connectivity index (χ3n) is 16.0. The number of fused-ring (bicyclic) bond motifs is 7. The number of allylic oxidation sites excluding steroid dienone is 2. The molecule has 8 atom stereocenters. The van der Waals surface area contributed by atoms with Crippen molar-refractivity contribution in [2.24, 2.45) is 50.2 Å². The minimum absolute atomic E-state index is 0.0219. The van der Waals surface area contributed by atoms with Gasteiger partial charge in [0.05, 0.1) is 11.5 Å². The standard InChI is InChI=1S/C41H62N2O2/c1-36(2)19-21-41(35(45)43-25-23-42(24-26-43)28-29-11-9-8-10-12-29)22-20-39(6)30(31(41)27-36)13-14-33-38(5)17-16-34(44)37(3,4)32(38)15-18-40(33,39)7/h8-13,31-34,44H,14-28H2,1-7H3/t31-,32-,33+,34-,38-,39+,40+,41-/m0/s1. The van der Waals surface area contributed by atoms with E-state index >= 15 is 0 Å². The van der Waals surface area contributed by atoms with E-state index in [1.807, 2.05) is 0 Å². The Morgan fingerprint density at radius 1 is 0.822 bits per heavy atom. The second-order valence-electron chi connectivity index (χ2n) is 18.8. The average Bonchev–Trinajstić information content (AvgIpc) is 3.00. The van der Waals surface area contributed by atoms with Crippen molar-refractivity contribution in [3.05, 3.63) is 47.5 Å². The summed E-state index contributed by atoms with van der Waals surface area (Å²) < 4.78 is 0. The van der Waals surface area contributed by atoms with Crippen molar-refractivity contribution in [1.82, 2.24) is 9.80 Å². The van der Waals surface area contributed by atoms with Gasteiger partial charge >= 0.3 is 0 Å². The number of aliphatic hydroxyl groups excluding tert-OH is 1. The molecule has 5 fully saturated rings. The molecule has 0 unspecified atom stereocenters. The van der Waals surface area contributed by atoms with Gasteiger partial charge < -0.3 is 10.0 Å². The average molecular weight is 615 g/mol. The smallest absolute Gasteiger partial charge is 0.229 e.